The standard InChI is InChI=1S/C12H27Si.Li.H/c1-10(2,3)13(11(4,5)6)12(7,8)9;;/h1-9H3;;. The molecule has 0 aromatic rings. The summed E-state index contributed by atoms with van der Waals surface area (Å²) in [4.78, 5) is 0. The first-order valence-corrected chi connectivity index (χ1v) is 6.75. The fraction of sp³-hybridized carbons (Fsp3) is 1.00. The Kier molecular flexibility index (Phi) is 5.86. The Labute approximate surface area is 105 Å². The molecule has 0 amide bonds. The monoisotopic (exact) mass is 207 g/mol. The van der Waals surface area contributed by atoms with Crippen LogP contribution in [0, 0.1) is 0 Å². The van der Waals surface area contributed by atoms with E-state index in [0.29, 0.717) is 15.1 Å². The Hall–Kier alpha value is 0.814. The van der Waals surface area contributed by atoms with Crippen molar-refractivity contribution in [1.82, 2.24) is 0 Å². The first kappa shape index (κ1) is 17.2. The second-order valence-electron chi connectivity index (χ2n) is 7.12. The van der Waals surface area contributed by atoms with E-state index in [9.17, 15) is 0 Å². The van der Waals surface area contributed by atoms with Gasteiger partial charge in [-0.3, -0.25) is 0 Å². The summed E-state index contributed by atoms with van der Waals surface area (Å²) in [5.41, 5.74) is 0. The molecule has 2 heteroatoms. The molecule has 0 heterocycles. The number of rotatable bonds is 0. The van der Waals surface area contributed by atoms with Crippen molar-refractivity contribution in [3.8, 4) is 0 Å². The van der Waals surface area contributed by atoms with Gasteiger partial charge in [-0.05, 0) is 15.1 Å². The van der Waals surface area contributed by atoms with E-state index >= 15 is 0 Å². The average Bonchev–Trinajstić information content (AvgIpc) is 1.44. The van der Waals surface area contributed by atoms with E-state index in [4.69, 9.17) is 0 Å². The van der Waals surface area contributed by atoms with Crippen LogP contribution in [-0.2, 0) is 0 Å². The third-order valence-electron chi connectivity index (χ3n) is 2.25. The van der Waals surface area contributed by atoms with Crippen molar-refractivity contribution >= 4 is 27.7 Å². The molecule has 0 aliphatic rings. The Morgan fingerprint density at radius 3 is 0.643 bits per heavy atom. The molecule has 0 bridgehead atoms. The van der Waals surface area contributed by atoms with Gasteiger partial charge in [0, 0.05) is 0 Å². The molecule has 0 nitrogen and oxygen atoms in total. The van der Waals surface area contributed by atoms with Crippen LogP contribution in [0.25, 0.3) is 0 Å². The predicted octanol–water partition coefficient (Wildman–Crippen LogP) is 4.23. The third-order valence-corrected chi connectivity index (χ3v) is 6.75. The van der Waals surface area contributed by atoms with E-state index in [1.165, 1.54) is 0 Å². The topological polar surface area (TPSA) is 0 Å². The van der Waals surface area contributed by atoms with Gasteiger partial charge in [0.15, 0.2) is 0 Å². The van der Waals surface area contributed by atoms with Gasteiger partial charge in [0.1, 0.15) is 0 Å². The van der Waals surface area contributed by atoms with Gasteiger partial charge in [-0.15, -0.1) is 0 Å². The number of hydrogen-bond donors (Lipinski definition) is 0. The molecule has 0 rings (SSSR count). The Morgan fingerprint density at radius 1 is 0.500 bits per heavy atom. The summed E-state index contributed by atoms with van der Waals surface area (Å²) in [7, 11) is -0.391. The molecule has 0 aliphatic heterocycles. The van der Waals surface area contributed by atoms with Crippen LogP contribution < -0.4 is 0 Å². The molecule has 0 aromatic carbocycles. The molecule has 0 aromatic heterocycles. The first-order chi connectivity index (χ1) is 5.37. The molecule has 0 unspecified atom stereocenters. The van der Waals surface area contributed by atoms with Crippen molar-refractivity contribution in [3.63, 3.8) is 0 Å². The molecule has 0 N–H and O–H groups in total. The maximum atomic E-state index is 2.40. The molecule has 0 fully saturated rings. The zero-order valence-corrected chi connectivity index (χ0v) is 12.0. The SMILES string of the molecule is CC(C)(C)[Si](C(C)(C)C)C(C)(C)C.[LiH]. The fourth-order valence-electron chi connectivity index (χ4n) is 3.38. The van der Waals surface area contributed by atoms with Gasteiger partial charge in [-0.25, -0.2) is 0 Å². The van der Waals surface area contributed by atoms with Crippen molar-refractivity contribution in [2.24, 2.45) is 0 Å². The van der Waals surface area contributed by atoms with Gasteiger partial charge < -0.3 is 0 Å². The summed E-state index contributed by atoms with van der Waals surface area (Å²) >= 11 is 0. The molecule has 0 spiro atoms. The van der Waals surface area contributed by atoms with E-state index in [1.807, 2.05) is 0 Å². The molecular weight excluding hydrogens is 179 g/mol. The van der Waals surface area contributed by atoms with Crippen LogP contribution in [0.3, 0.4) is 0 Å². The average molecular weight is 207 g/mol. The van der Waals surface area contributed by atoms with Crippen LogP contribution in [0.15, 0.2) is 0 Å². The summed E-state index contributed by atoms with van der Waals surface area (Å²) in [6.45, 7) is 21.6. The zero-order valence-electron chi connectivity index (χ0n) is 11.0. The molecule has 0 saturated heterocycles. The molecule has 1 radical (unpaired) electrons. The van der Waals surface area contributed by atoms with Crippen molar-refractivity contribution in [3.05, 3.63) is 0 Å². The fourth-order valence-corrected chi connectivity index (χ4v) is 10.1. The minimum atomic E-state index is -0.391. The van der Waals surface area contributed by atoms with Gasteiger partial charge in [0.2, 0.25) is 0 Å². The van der Waals surface area contributed by atoms with Crippen molar-refractivity contribution in [2.45, 2.75) is 77.4 Å². The minimum absolute atomic E-state index is 0. The molecule has 14 heavy (non-hydrogen) atoms. The van der Waals surface area contributed by atoms with Crippen molar-refractivity contribution < 1.29 is 0 Å². The van der Waals surface area contributed by atoms with Crippen molar-refractivity contribution in [1.29, 1.82) is 0 Å². The molecular formula is C12H28LiSi. The normalized spacial score (nSPS) is 14.1. The Balaban J connectivity index is 0. The molecule has 81 valence electrons. The Morgan fingerprint density at radius 2 is 0.643 bits per heavy atom. The first-order valence-electron chi connectivity index (χ1n) is 5.25. The van der Waals surface area contributed by atoms with E-state index in [1.54, 1.807) is 0 Å². The van der Waals surface area contributed by atoms with E-state index < -0.39 is 8.80 Å². The zero-order chi connectivity index (χ0) is 11.1. The van der Waals surface area contributed by atoms with Gasteiger partial charge in [0.25, 0.3) is 0 Å². The summed E-state index contributed by atoms with van der Waals surface area (Å²) in [5, 5.41) is 1.46. The van der Waals surface area contributed by atoms with E-state index in [-0.39, 0.29) is 18.9 Å². The maximum absolute atomic E-state index is 2.40. The van der Waals surface area contributed by atoms with E-state index in [2.05, 4.69) is 62.3 Å². The van der Waals surface area contributed by atoms with Crippen LogP contribution in [-0.4, -0.2) is 27.7 Å². The summed E-state index contributed by atoms with van der Waals surface area (Å²) < 4.78 is 0. The van der Waals surface area contributed by atoms with Gasteiger partial charge in [-0.2, -0.15) is 0 Å². The Bertz CT molecular complexity index is 133. The third kappa shape index (κ3) is 5.05. The summed E-state index contributed by atoms with van der Waals surface area (Å²) in [5.74, 6) is 0. The summed E-state index contributed by atoms with van der Waals surface area (Å²) in [6.07, 6.45) is 0. The quantitative estimate of drug-likeness (QED) is 0.521. The number of hydrogen-bond acceptors (Lipinski definition) is 0. The van der Waals surface area contributed by atoms with Crippen LogP contribution in [0.1, 0.15) is 62.3 Å². The molecule has 0 saturated carbocycles. The van der Waals surface area contributed by atoms with Gasteiger partial charge in [0.05, 0.1) is 8.80 Å². The van der Waals surface area contributed by atoms with Crippen molar-refractivity contribution in [2.75, 3.05) is 0 Å². The summed E-state index contributed by atoms with van der Waals surface area (Å²) in [6, 6.07) is 0. The molecule has 0 atom stereocenters. The second kappa shape index (κ2) is 4.77. The second-order valence-corrected chi connectivity index (χ2v) is 12.4. The van der Waals surface area contributed by atoms with Crippen LogP contribution >= 0.6 is 0 Å². The predicted molar refractivity (Wildman–Crippen MR) is 72.0 cm³/mol. The van der Waals surface area contributed by atoms with Gasteiger partial charge in [-0.1, -0.05) is 62.3 Å². The molecule has 0 aliphatic carbocycles. The van der Waals surface area contributed by atoms with Crippen LogP contribution in [0.2, 0.25) is 15.1 Å². The van der Waals surface area contributed by atoms with Gasteiger partial charge >= 0.3 is 18.9 Å². The van der Waals surface area contributed by atoms with E-state index in [0.717, 1.165) is 0 Å². The van der Waals surface area contributed by atoms with Crippen LogP contribution in [0.5, 0.6) is 0 Å². The van der Waals surface area contributed by atoms with Crippen LogP contribution in [0.4, 0.5) is 0 Å².